The number of rotatable bonds is 4. The van der Waals surface area contributed by atoms with Gasteiger partial charge < -0.3 is 20.5 Å². The normalized spacial score (nSPS) is 20.8. The van der Waals surface area contributed by atoms with Crippen LogP contribution in [0.25, 0.3) is 0 Å². The van der Waals surface area contributed by atoms with Crippen LogP contribution in [0.4, 0.5) is 10.5 Å². The second-order valence-electron chi connectivity index (χ2n) is 4.65. The number of benzene rings is 1. The summed E-state index contributed by atoms with van der Waals surface area (Å²) in [7, 11) is 1.57. The quantitative estimate of drug-likeness (QED) is 0.737. The number of hydrogen-bond donors (Lipinski definition) is 3. The summed E-state index contributed by atoms with van der Waals surface area (Å²) >= 11 is 3.36. The van der Waals surface area contributed by atoms with Crippen LogP contribution in [0.3, 0.4) is 0 Å². The summed E-state index contributed by atoms with van der Waals surface area (Å²) in [6.07, 6.45) is 4.56. The van der Waals surface area contributed by atoms with E-state index in [0.717, 1.165) is 10.9 Å². The number of nitrogens with one attached hydrogen (secondary N) is 2. The maximum absolute atomic E-state index is 11.9. The highest BCUT2D eigenvalue weighted by Crippen LogP contribution is 2.24. The molecule has 1 aromatic rings. The van der Waals surface area contributed by atoms with Crippen molar-refractivity contribution in [3.05, 3.63) is 34.8 Å². The van der Waals surface area contributed by atoms with Gasteiger partial charge in [-0.05, 0) is 18.6 Å². The molecule has 1 aliphatic rings. The molecule has 0 heterocycles. The predicted molar refractivity (Wildman–Crippen MR) is 81.0 cm³/mol. The van der Waals surface area contributed by atoms with Crippen LogP contribution in [0.5, 0.6) is 5.75 Å². The Morgan fingerprint density at radius 2 is 2.25 bits per heavy atom. The van der Waals surface area contributed by atoms with Gasteiger partial charge in [0.15, 0.2) is 0 Å². The molecule has 108 valence electrons. The summed E-state index contributed by atoms with van der Waals surface area (Å²) in [5.41, 5.74) is 0.648. The van der Waals surface area contributed by atoms with E-state index in [9.17, 15) is 4.79 Å². The first kappa shape index (κ1) is 14.9. The van der Waals surface area contributed by atoms with E-state index in [-0.39, 0.29) is 24.6 Å². The lowest BCUT2D eigenvalue weighted by molar-refractivity contribution is 0.238. The molecule has 0 radical (unpaired) electrons. The van der Waals surface area contributed by atoms with Gasteiger partial charge in [-0.15, -0.1) is 0 Å². The molecule has 6 heteroatoms. The largest absolute Gasteiger partial charge is 0.497 e. The fourth-order valence-corrected chi connectivity index (χ4v) is 2.58. The number of ether oxygens (including phenoxy) is 1. The lowest BCUT2D eigenvalue weighted by Gasteiger charge is -2.14. The molecule has 1 aliphatic carbocycles. The van der Waals surface area contributed by atoms with Crippen LogP contribution >= 0.6 is 15.9 Å². The van der Waals surface area contributed by atoms with Gasteiger partial charge in [0.05, 0.1) is 7.11 Å². The van der Waals surface area contributed by atoms with E-state index in [2.05, 4.69) is 26.6 Å². The first-order valence-corrected chi connectivity index (χ1v) is 7.11. The number of aliphatic hydroxyl groups excluding tert-OH is 1. The Morgan fingerprint density at radius 3 is 2.90 bits per heavy atom. The number of carbonyl (C=O) groups is 1. The molecule has 0 bridgehead atoms. The van der Waals surface area contributed by atoms with Crippen LogP contribution in [0.2, 0.25) is 0 Å². The Hall–Kier alpha value is -1.53. The van der Waals surface area contributed by atoms with Crippen LogP contribution in [0, 0.1) is 5.92 Å². The molecule has 0 aromatic heterocycles. The molecule has 0 fully saturated rings. The molecule has 2 rings (SSSR count). The molecule has 3 N–H and O–H groups in total. The van der Waals surface area contributed by atoms with Gasteiger partial charge in [-0.2, -0.15) is 0 Å². The third-order valence-corrected chi connectivity index (χ3v) is 3.55. The average molecular weight is 341 g/mol. The second-order valence-corrected chi connectivity index (χ2v) is 5.56. The third kappa shape index (κ3) is 3.98. The highest BCUT2D eigenvalue weighted by Gasteiger charge is 2.19. The van der Waals surface area contributed by atoms with Crippen molar-refractivity contribution in [2.24, 2.45) is 5.92 Å². The first-order chi connectivity index (χ1) is 9.60. The Balaban J connectivity index is 1.92. The summed E-state index contributed by atoms with van der Waals surface area (Å²) < 4.78 is 5.97. The number of carbonyl (C=O) groups excluding carboxylic acids is 1. The molecule has 0 saturated carbocycles. The van der Waals surface area contributed by atoms with E-state index in [1.807, 2.05) is 18.2 Å². The minimum atomic E-state index is -0.279. The molecule has 2 atom stereocenters. The van der Waals surface area contributed by atoms with Crippen LogP contribution in [0.15, 0.2) is 34.8 Å². The molecule has 0 saturated heterocycles. The lowest BCUT2D eigenvalue weighted by atomic mass is 10.1. The Bertz CT molecular complexity index is 519. The van der Waals surface area contributed by atoms with Crippen molar-refractivity contribution in [1.29, 1.82) is 0 Å². The number of hydrogen-bond acceptors (Lipinski definition) is 3. The van der Waals surface area contributed by atoms with Crippen LogP contribution in [-0.4, -0.2) is 30.9 Å². The highest BCUT2D eigenvalue weighted by atomic mass is 79.9. The summed E-state index contributed by atoms with van der Waals surface area (Å²) in [6, 6.07) is 5.03. The van der Waals surface area contributed by atoms with Crippen LogP contribution < -0.4 is 15.4 Å². The molecular weight excluding hydrogens is 324 g/mol. The zero-order chi connectivity index (χ0) is 14.5. The SMILES string of the molecule is COc1cc(Br)cc(NC(=O)N[C@@H]2C=C[C@H](CO)C2)c1. The summed E-state index contributed by atoms with van der Waals surface area (Å²) in [4.78, 5) is 11.9. The maximum Gasteiger partial charge on any atom is 0.319 e. The van der Waals surface area contributed by atoms with Gasteiger partial charge in [0.2, 0.25) is 0 Å². The average Bonchev–Trinajstić information content (AvgIpc) is 2.85. The number of methoxy groups -OCH3 is 1. The van der Waals surface area contributed by atoms with Crippen molar-refractivity contribution >= 4 is 27.6 Å². The van der Waals surface area contributed by atoms with Crippen molar-refractivity contribution < 1.29 is 14.6 Å². The third-order valence-electron chi connectivity index (χ3n) is 3.09. The monoisotopic (exact) mass is 340 g/mol. The van der Waals surface area contributed by atoms with Crippen molar-refractivity contribution in [1.82, 2.24) is 5.32 Å². The highest BCUT2D eigenvalue weighted by molar-refractivity contribution is 9.10. The van der Waals surface area contributed by atoms with Gasteiger partial charge in [-0.3, -0.25) is 0 Å². The number of halogens is 1. The van der Waals surface area contributed by atoms with E-state index < -0.39 is 0 Å². The van der Waals surface area contributed by atoms with E-state index in [4.69, 9.17) is 9.84 Å². The first-order valence-electron chi connectivity index (χ1n) is 6.32. The minimum Gasteiger partial charge on any atom is -0.497 e. The smallest absolute Gasteiger partial charge is 0.319 e. The number of urea groups is 1. The second kappa shape index (κ2) is 6.76. The Morgan fingerprint density at radius 1 is 1.45 bits per heavy atom. The molecule has 0 spiro atoms. The summed E-state index contributed by atoms with van der Waals surface area (Å²) in [5.74, 6) is 0.794. The molecule has 0 unspecified atom stereocenters. The van der Waals surface area contributed by atoms with Gasteiger partial charge in [0.25, 0.3) is 0 Å². The number of aliphatic hydroxyl groups is 1. The standard InChI is InChI=1S/C14H17BrN2O3/c1-20-13-6-10(15)5-12(7-13)17-14(19)16-11-3-2-9(4-11)8-18/h2-3,5-7,9,11,18H,4,8H2,1H3,(H2,16,17,19)/t9-,11+/m0/s1. The minimum absolute atomic E-state index is 0.0406. The summed E-state index contributed by atoms with van der Waals surface area (Å²) in [6.45, 7) is 0.110. The van der Waals surface area contributed by atoms with Crippen LogP contribution in [0.1, 0.15) is 6.42 Å². The summed E-state index contributed by atoms with van der Waals surface area (Å²) in [5, 5.41) is 14.6. The van der Waals surface area contributed by atoms with Gasteiger partial charge in [0.1, 0.15) is 5.75 Å². The van der Waals surface area contributed by atoms with E-state index in [1.165, 1.54) is 0 Å². The molecule has 0 aliphatic heterocycles. The molecule has 20 heavy (non-hydrogen) atoms. The van der Waals surface area contributed by atoms with Crippen molar-refractivity contribution in [3.8, 4) is 5.75 Å². The molecule has 5 nitrogen and oxygen atoms in total. The Kier molecular flexibility index (Phi) is 5.03. The van der Waals surface area contributed by atoms with Crippen molar-refractivity contribution in [2.75, 3.05) is 19.0 Å². The van der Waals surface area contributed by atoms with Gasteiger partial charge >= 0.3 is 6.03 Å². The van der Waals surface area contributed by atoms with Gasteiger partial charge in [-0.1, -0.05) is 28.1 Å². The zero-order valence-corrected chi connectivity index (χ0v) is 12.7. The van der Waals surface area contributed by atoms with Crippen molar-refractivity contribution in [3.63, 3.8) is 0 Å². The Labute approximate surface area is 126 Å². The van der Waals surface area contributed by atoms with Gasteiger partial charge in [-0.25, -0.2) is 4.79 Å². The van der Waals surface area contributed by atoms with Crippen LogP contribution in [-0.2, 0) is 0 Å². The van der Waals surface area contributed by atoms with Crippen molar-refractivity contribution in [2.45, 2.75) is 12.5 Å². The zero-order valence-electron chi connectivity index (χ0n) is 11.1. The van der Waals surface area contributed by atoms with E-state index in [0.29, 0.717) is 11.4 Å². The fraction of sp³-hybridized carbons (Fsp3) is 0.357. The topological polar surface area (TPSA) is 70.6 Å². The van der Waals surface area contributed by atoms with E-state index in [1.54, 1.807) is 19.2 Å². The molecule has 2 amide bonds. The number of amides is 2. The lowest BCUT2D eigenvalue weighted by Crippen LogP contribution is -2.36. The van der Waals surface area contributed by atoms with Gasteiger partial charge in [0, 0.05) is 34.8 Å². The number of anilines is 1. The maximum atomic E-state index is 11.9. The van der Waals surface area contributed by atoms with E-state index >= 15 is 0 Å². The fourth-order valence-electron chi connectivity index (χ4n) is 2.11. The molecule has 1 aromatic carbocycles. The predicted octanol–water partition coefficient (Wildman–Crippen LogP) is 2.52. The molecular formula is C14H17BrN2O3.